The van der Waals surface area contributed by atoms with E-state index in [2.05, 4.69) is 20.1 Å². The van der Waals surface area contributed by atoms with Crippen molar-refractivity contribution in [3.05, 3.63) is 24.3 Å². The van der Waals surface area contributed by atoms with E-state index in [1.165, 1.54) is 0 Å². The zero-order valence-electron chi connectivity index (χ0n) is 8.86. The number of hydrogen-bond acceptors (Lipinski definition) is 1. The number of unbranched alkanes of at least 4 members (excludes halogenated alkanes) is 1. The minimum atomic E-state index is 0.313. The molecule has 0 heterocycles. The summed E-state index contributed by atoms with van der Waals surface area (Å²) in [6, 6.07) is 0. The Morgan fingerprint density at radius 2 is 1.85 bits per heavy atom. The van der Waals surface area contributed by atoms with Crippen molar-refractivity contribution in [3.63, 3.8) is 0 Å². The Kier molecular flexibility index (Phi) is 6.21. The van der Waals surface area contributed by atoms with Crippen LogP contribution in [0.15, 0.2) is 24.3 Å². The van der Waals surface area contributed by atoms with Crippen LogP contribution in [0.4, 0.5) is 0 Å². The fourth-order valence-corrected chi connectivity index (χ4v) is 1.23. The van der Waals surface area contributed by atoms with Gasteiger partial charge in [0.25, 0.3) is 0 Å². The predicted molar refractivity (Wildman–Crippen MR) is 57.7 cm³/mol. The van der Waals surface area contributed by atoms with E-state index < -0.39 is 0 Å². The van der Waals surface area contributed by atoms with E-state index in [1.807, 2.05) is 6.92 Å². The fourth-order valence-electron chi connectivity index (χ4n) is 1.23. The largest absolute Gasteiger partial charge is 0.299 e. The van der Waals surface area contributed by atoms with E-state index in [-0.39, 0.29) is 0 Å². The molecule has 1 nitrogen and oxygen atoms in total. The van der Waals surface area contributed by atoms with Gasteiger partial charge in [-0.25, -0.2) is 0 Å². The van der Waals surface area contributed by atoms with Crippen molar-refractivity contribution in [1.29, 1.82) is 0 Å². The molecule has 0 atom stereocenters. The lowest BCUT2D eigenvalue weighted by atomic mass is 10.0. The zero-order valence-corrected chi connectivity index (χ0v) is 8.86. The van der Waals surface area contributed by atoms with E-state index in [0.29, 0.717) is 18.6 Å². The summed E-state index contributed by atoms with van der Waals surface area (Å²) in [5.74, 6) is 0.313. The van der Waals surface area contributed by atoms with Crippen molar-refractivity contribution in [2.45, 2.75) is 46.0 Å². The molecule has 0 aliphatic heterocycles. The molecule has 13 heavy (non-hydrogen) atoms. The van der Waals surface area contributed by atoms with Crippen LogP contribution in [0.1, 0.15) is 46.0 Å². The number of carbonyl (C=O) groups is 1. The van der Waals surface area contributed by atoms with Gasteiger partial charge in [0, 0.05) is 12.8 Å². The van der Waals surface area contributed by atoms with Gasteiger partial charge in [0.1, 0.15) is 5.78 Å². The SMILES string of the molecule is C=C(C)CC(=C)CC(=O)CCCC. The van der Waals surface area contributed by atoms with Crippen molar-refractivity contribution in [3.8, 4) is 0 Å². The highest BCUT2D eigenvalue weighted by atomic mass is 16.1. The molecule has 0 aromatic carbocycles. The number of allylic oxidation sites excluding steroid dienone is 2. The van der Waals surface area contributed by atoms with E-state index in [0.717, 1.165) is 30.4 Å². The molecule has 0 unspecified atom stereocenters. The third-order valence-corrected chi connectivity index (χ3v) is 1.81. The van der Waals surface area contributed by atoms with Crippen molar-refractivity contribution < 1.29 is 4.79 Å². The molecule has 0 radical (unpaired) electrons. The van der Waals surface area contributed by atoms with Gasteiger partial charge in [0.15, 0.2) is 0 Å². The molecule has 0 fully saturated rings. The predicted octanol–water partition coefficient (Wildman–Crippen LogP) is 3.66. The summed E-state index contributed by atoms with van der Waals surface area (Å²) >= 11 is 0. The van der Waals surface area contributed by atoms with Gasteiger partial charge < -0.3 is 0 Å². The Bertz CT molecular complexity index is 201. The minimum absolute atomic E-state index is 0.313. The summed E-state index contributed by atoms with van der Waals surface area (Å²) < 4.78 is 0. The van der Waals surface area contributed by atoms with Crippen LogP contribution in [0.2, 0.25) is 0 Å². The minimum Gasteiger partial charge on any atom is -0.299 e. The smallest absolute Gasteiger partial charge is 0.136 e. The van der Waals surface area contributed by atoms with Gasteiger partial charge in [-0.2, -0.15) is 0 Å². The normalized spacial score (nSPS) is 9.69. The molecule has 0 rings (SSSR count). The fraction of sp³-hybridized carbons (Fsp3) is 0.583. The topological polar surface area (TPSA) is 17.1 Å². The lowest BCUT2D eigenvalue weighted by Crippen LogP contribution is -1.99. The van der Waals surface area contributed by atoms with Crippen LogP contribution in [-0.4, -0.2) is 5.78 Å². The third-order valence-electron chi connectivity index (χ3n) is 1.81. The molecule has 0 aromatic rings. The quantitative estimate of drug-likeness (QED) is 0.546. The third kappa shape index (κ3) is 7.51. The summed E-state index contributed by atoms with van der Waals surface area (Å²) in [6.45, 7) is 11.7. The molecule has 0 aliphatic rings. The number of rotatable bonds is 7. The second kappa shape index (κ2) is 6.64. The molecule has 0 amide bonds. The standard InChI is InChI=1S/C12H20O/c1-5-6-7-12(13)9-11(4)8-10(2)3/h2,4-9H2,1,3H3. The van der Waals surface area contributed by atoms with Crippen molar-refractivity contribution >= 4 is 5.78 Å². The maximum atomic E-state index is 11.3. The average molecular weight is 180 g/mol. The molecule has 0 N–H and O–H groups in total. The Hall–Kier alpha value is -0.850. The van der Waals surface area contributed by atoms with Gasteiger partial charge in [0.05, 0.1) is 0 Å². The zero-order chi connectivity index (χ0) is 10.3. The molecule has 0 spiro atoms. The Balaban J connectivity index is 3.65. The van der Waals surface area contributed by atoms with Crippen molar-refractivity contribution in [2.75, 3.05) is 0 Å². The van der Waals surface area contributed by atoms with Crippen LogP contribution >= 0.6 is 0 Å². The van der Waals surface area contributed by atoms with Crippen LogP contribution in [-0.2, 0) is 4.79 Å². The maximum absolute atomic E-state index is 11.3. The molecule has 0 saturated carbocycles. The maximum Gasteiger partial charge on any atom is 0.136 e. The molecule has 0 aliphatic carbocycles. The summed E-state index contributed by atoms with van der Waals surface area (Å²) in [5.41, 5.74) is 2.07. The molecular formula is C12H20O. The highest BCUT2D eigenvalue weighted by Gasteiger charge is 2.03. The monoisotopic (exact) mass is 180 g/mol. The van der Waals surface area contributed by atoms with Gasteiger partial charge in [-0.15, -0.1) is 0 Å². The summed E-state index contributed by atoms with van der Waals surface area (Å²) in [5, 5.41) is 0. The first-order valence-electron chi connectivity index (χ1n) is 4.89. The Morgan fingerprint density at radius 1 is 1.23 bits per heavy atom. The number of hydrogen-bond donors (Lipinski definition) is 0. The first-order valence-corrected chi connectivity index (χ1v) is 4.89. The summed E-state index contributed by atoms with van der Waals surface area (Å²) in [4.78, 5) is 11.3. The first-order chi connectivity index (χ1) is 6.06. The van der Waals surface area contributed by atoms with Crippen LogP contribution in [0, 0.1) is 0 Å². The van der Waals surface area contributed by atoms with Gasteiger partial charge >= 0.3 is 0 Å². The molecular weight excluding hydrogens is 160 g/mol. The van der Waals surface area contributed by atoms with Crippen molar-refractivity contribution in [1.82, 2.24) is 0 Å². The van der Waals surface area contributed by atoms with E-state index in [4.69, 9.17) is 0 Å². The number of Topliss-reactive ketones (excluding diaryl/α,β-unsaturated/α-hetero) is 1. The second-order valence-corrected chi connectivity index (χ2v) is 3.70. The molecule has 0 bridgehead atoms. The first kappa shape index (κ1) is 12.2. The van der Waals surface area contributed by atoms with E-state index in [9.17, 15) is 4.79 Å². The average Bonchev–Trinajstić information content (AvgIpc) is 1.98. The van der Waals surface area contributed by atoms with Crippen LogP contribution < -0.4 is 0 Å². The van der Waals surface area contributed by atoms with Gasteiger partial charge in [-0.3, -0.25) is 4.79 Å². The highest BCUT2D eigenvalue weighted by Crippen LogP contribution is 2.12. The molecule has 74 valence electrons. The van der Waals surface area contributed by atoms with E-state index >= 15 is 0 Å². The van der Waals surface area contributed by atoms with Crippen LogP contribution in [0.5, 0.6) is 0 Å². The van der Waals surface area contributed by atoms with Crippen LogP contribution in [0.3, 0.4) is 0 Å². The number of ketones is 1. The summed E-state index contributed by atoms with van der Waals surface area (Å²) in [7, 11) is 0. The lowest BCUT2D eigenvalue weighted by molar-refractivity contribution is -0.118. The van der Waals surface area contributed by atoms with Gasteiger partial charge in [-0.1, -0.05) is 37.6 Å². The second-order valence-electron chi connectivity index (χ2n) is 3.70. The lowest BCUT2D eigenvalue weighted by Gasteiger charge is -2.03. The number of carbonyl (C=O) groups excluding carboxylic acids is 1. The Morgan fingerprint density at radius 3 is 2.31 bits per heavy atom. The van der Waals surface area contributed by atoms with E-state index in [1.54, 1.807) is 0 Å². The Labute approximate surface area is 81.5 Å². The van der Waals surface area contributed by atoms with Gasteiger partial charge in [0.2, 0.25) is 0 Å². The molecule has 1 heteroatoms. The summed E-state index contributed by atoms with van der Waals surface area (Å²) in [6.07, 6.45) is 4.11. The molecule has 0 saturated heterocycles. The van der Waals surface area contributed by atoms with Gasteiger partial charge in [-0.05, 0) is 19.8 Å². The highest BCUT2D eigenvalue weighted by molar-refractivity contribution is 5.80. The van der Waals surface area contributed by atoms with Crippen molar-refractivity contribution in [2.24, 2.45) is 0 Å². The molecule has 0 aromatic heterocycles. The van der Waals surface area contributed by atoms with Crippen LogP contribution in [0.25, 0.3) is 0 Å².